The predicted molar refractivity (Wildman–Crippen MR) is 89.3 cm³/mol. The molecule has 2 N–H and O–H groups in total. The highest BCUT2D eigenvalue weighted by atomic mass is 16.3. The number of hydrogen-bond acceptors (Lipinski definition) is 5. The molecule has 0 bridgehead atoms. The molecule has 1 aromatic heterocycles. The molecule has 0 spiro atoms. The first-order chi connectivity index (χ1) is 12.1. The molecule has 2 aromatic carbocycles. The minimum atomic E-state index is -0.967. The summed E-state index contributed by atoms with van der Waals surface area (Å²) in [6.45, 7) is 0. The van der Waals surface area contributed by atoms with Gasteiger partial charge in [-0.3, -0.25) is 24.3 Å². The van der Waals surface area contributed by atoms with E-state index < -0.39 is 23.4 Å². The summed E-state index contributed by atoms with van der Waals surface area (Å²) in [6, 6.07) is 12.2. The van der Waals surface area contributed by atoms with Crippen LogP contribution in [0, 0.1) is 0 Å². The van der Waals surface area contributed by atoms with E-state index in [1.807, 2.05) is 0 Å². The zero-order valence-electron chi connectivity index (χ0n) is 13.0. The fourth-order valence-electron chi connectivity index (χ4n) is 3.04. The number of hydrogen-bond donors (Lipinski definition) is 2. The second-order valence-electron chi connectivity index (χ2n) is 5.79. The van der Waals surface area contributed by atoms with Crippen molar-refractivity contribution in [3.63, 3.8) is 0 Å². The molecule has 0 saturated heterocycles. The number of nitrogens with zero attached hydrogens (tertiary/aromatic N) is 2. The lowest BCUT2D eigenvalue weighted by atomic mass is 10.0. The Balaban J connectivity index is 1.93. The molecule has 0 saturated carbocycles. The quantitative estimate of drug-likeness (QED) is 0.684. The van der Waals surface area contributed by atoms with Gasteiger partial charge >= 0.3 is 0 Å². The first-order valence-corrected chi connectivity index (χ1v) is 7.69. The van der Waals surface area contributed by atoms with Gasteiger partial charge in [0, 0.05) is 6.42 Å². The molecule has 0 radical (unpaired) electrons. The van der Waals surface area contributed by atoms with E-state index in [0.29, 0.717) is 16.5 Å². The Kier molecular flexibility index (Phi) is 3.35. The zero-order chi connectivity index (χ0) is 17.6. The number of fused-ring (bicyclic) bond motifs is 2. The van der Waals surface area contributed by atoms with Crippen LogP contribution in [0.3, 0.4) is 0 Å². The predicted octanol–water partition coefficient (Wildman–Crippen LogP) is 1.16. The third-order valence-electron chi connectivity index (χ3n) is 4.27. The van der Waals surface area contributed by atoms with Crippen LogP contribution in [0.15, 0.2) is 53.3 Å². The van der Waals surface area contributed by atoms with Crippen molar-refractivity contribution in [2.24, 2.45) is 0 Å². The van der Waals surface area contributed by atoms with Crippen LogP contribution in [0.4, 0.5) is 0 Å². The highest BCUT2D eigenvalue weighted by molar-refractivity contribution is 6.07. The van der Waals surface area contributed by atoms with Crippen LogP contribution in [-0.2, 0) is 11.2 Å². The van der Waals surface area contributed by atoms with Gasteiger partial charge in [0.15, 0.2) is 0 Å². The number of carbonyl (C=O) groups excluding carboxylic acids is 2. The Morgan fingerprint density at radius 2 is 1.76 bits per heavy atom. The van der Waals surface area contributed by atoms with Crippen LogP contribution >= 0.6 is 0 Å². The van der Waals surface area contributed by atoms with Gasteiger partial charge in [0.25, 0.3) is 17.4 Å². The number of imide groups is 1. The number of para-hydroxylation sites is 2. The van der Waals surface area contributed by atoms with E-state index in [0.717, 1.165) is 4.57 Å². The summed E-state index contributed by atoms with van der Waals surface area (Å²) in [4.78, 5) is 41.6. The van der Waals surface area contributed by atoms with Crippen LogP contribution < -0.4 is 10.9 Å². The Morgan fingerprint density at radius 3 is 2.56 bits per heavy atom. The molecule has 3 aromatic rings. The van der Waals surface area contributed by atoms with E-state index in [4.69, 9.17) is 0 Å². The van der Waals surface area contributed by atoms with Crippen molar-refractivity contribution in [1.29, 1.82) is 0 Å². The van der Waals surface area contributed by atoms with E-state index in [2.05, 4.69) is 10.3 Å². The standard InChI is InChI=1S/C18H13N3O4/c22-14-8-4-1-5-10(14)9-13-16(23)20-17(24)15-19-12-7-3-2-6-11(12)18(25)21(13)15/h1-8,13,22H,9H2,(H,20,23,24)/t13-/m0/s1. The molecule has 1 aliphatic rings. The lowest BCUT2D eigenvalue weighted by Gasteiger charge is -2.26. The molecule has 2 heterocycles. The average Bonchev–Trinajstić information content (AvgIpc) is 2.60. The van der Waals surface area contributed by atoms with Crippen LogP contribution in [0.25, 0.3) is 10.9 Å². The van der Waals surface area contributed by atoms with Gasteiger partial charge in [-0.2, -0.15) is 0 Å². The molecule has 2 amide bonds. The van der Waals surface area contributed by atoms with Crippen molar-refractivity contribution >= 4 is 22.7 Å². The molecule has 1 aliphatic heterocycles. The minimum Gasteiger partial charge on any atom is -0.508 e. The Bertz CT molecular complexity index is 1090. The van der Waals surface area contributed by atoms with Gasteiger partial charge in [-0.15, -0.1) is 0 Å². The summed E-state index contributed by atoms with van der Waals surface area (Å²) in [5.74, 6) is -1.39. The molecule has 1 atom stereocenters. The molecule has 7 heteroatoms. The van der Waals surface area contributed by atoms with Crippen LogP contribution in [0.1, 0.15) is 22.2 Å². The number of aromatic nitrogens is 2. The van der Waals surface area contributed by atoms with E-state index in [1.54, 1.807) is 42.5 Å². The van der Waals surface area contributed by atoms with Crippen molar-refractivity contribution in [3.05, 3.63) is 70.3 Å². The van der Waals surface area contributed by atoms with Crippen molar-refractivity contribution in [1.82, 2.24) is 14.9 Å². The summed E-state index contributed by atoms with van der Waals surface area (Å²) < 4.78 is 1.12. The maximum absolute atomic E-state index is 12.9. The lowest BCUT2D eigenvalue weighted by Crippen LogP contribution is -2.50. The third-order valence-corrected chi connectivity index (χ3v) is 4.27. The SMILES string of the molecule is O=C1NC(=O)[C@H](Cc2ccccc2O)n2c1nc1ccccc1c2=O. The van der Waals surface area contributed by atoms with Gasteiger partial charge < -0.3 is 5.11 Å². The molecular formula is C18H13N3O4. The number of amides is 2. The highest BCUT2D eigenvalue weighted by Gasteiger charge is 2.35. The number of phenols is 1. The zero-order valence-corrected chi connectivity index (χ0v) is 13.0. The van der Waals surface area contributed by atoms with Gasteiger partial charge in [-0.05, 0) is 23.8 Å². The minimum absolute atomic E-state index is 0.0237. The van der Waals surface area contributed by atoms with Gasteiger partial charge in [0.05, 0.1) is 10.9 Å². The smallest absolute Gasteiger partial charge is 0.294 e. The summed E-state index contributed by atoms with van der Waals surface area (Å²) in [7, 11) is 0. The monoisotopic (exact) mass is 335 g/mol. The molecule has 7 nitrogen and oxygen atoms in total. The molecule has 25 heavy (non-hydrogen) atoms. The van der Waals surface area contributed by atoms with E-state index in [9.17, 15) is 19.5 Å². The van der Waals surface area contributed by atoms with Gasteiger partial charge in [0.1, 0.15) is 11.8 Å². The normalized spacial score (nSPS) is 16.6. The van der Waals surface area contributed by atoms with Crippen molar-refractivity contribution in [3.8, 4) is 5.75 Å². The summed E-state index contributed by atoms with van der Waals surface area (Å²) in [5, 5.41) is 12.5. The number of phenolic OH excluding ortho intramolecular Hbond substituents is 1. The molecular weight excluding hydrogens is 322 g/mol. The fraction of sp³-hybridized carbons (Fsp3) is 0.111. The Labute approximate surface area is 141 Å². The van der Waals surface area contributed by atoms with Crippen molar-refractivity contribution in [2.45, 2.75) is 12.5 Å². The van der Waals surface area contributed by atoms with Gasteiger partial charge in [-0.25, -0.2) is 4.98 Å². The largest absolute Gasteiger partial charge is 0.508 e. The molecule has 0 aliphatic carbocycles. The number of aromatic hydroxyl groups is 1. The second-order valence-corrected chi connectivity index (χ2v) is 5.79. The molecule has 124 valence electrons. The average molecular weight is 335 g/mol. The highest BCUT2D eigenvalue weighted by Crippen LogP contribution is 2.25. The number of carbonyl (C=O) groups is 2. The van der Waals surface area contributed by atoms with E-state index in [1.165, 1.54) is 6.07 Å². The molecule has 0 unspecified atom stereocenters. The Morgan fingerprint density at radius 1 is 1.04 bits per heavy atom. The number of benzene rings is 2. The number of nitrogens with one attached hydrogen (secondary N) is 1. The maximum atomic E-state index is 12.9. The van der Waals surface area contributed by atoms with Crippen LogP contribution in [0.5, 0.6) is 5.75 Å². The van der Waals surface area contributed by atoms with E-state index >= 15 is 0 Å². The first kappa shape index (κ1) is 15.1. The third kappa shape index (κ3) is 2.37. The summed E-state index contributed by atoms with van der Waals surface area (Å²) in [6.07, 6.45) is 0.0682. The number of rotatable bonds is 2. The first-order valence-electron chi connectivity index (χ1n) is 7.69. The van der Waals surface area contributed by atoms with Gasteiger partial charge in [-0.1, -0.05) is 30.3 Å². The summed E-state index contributed by atoms with van der Waals surface area (Å²) >= 11 is 0. The fourth-order valence-corrected chi connectivity index (χ4v) is 3.04. The molecule has 0 fully saturated rings. The van der Waals surface area contributed by atoms with Crippen molar-refractivity contribution < 1.29 is 14.7 Å². The molecule has 4 rings (SSSR count). The lowest BCUT2D eigenvalue weighted by molar-refractivity contribution is -0.124. The van der Waals surface area contributed by atoms with Gasteiger partial charge in [0.2, 0.25) is 5.82 Å². The Hall–Kier alpha value is -3.48. The maximum Gasteiger partial charge on any atom is 0.294 e. The topological polar surface area (TPSA) is 101 Å². The van der Waals surface area contributed by atoms with Crippen LogP contribution in [0.2, 0.25) is 0 Å². The second kappa shape index (κ2) is 5.55. The van der Waals surface area contributed by atoms with Crippen LogP contribution in [-0.4, -0.2) is 26.5 Å². The summed E-state index contributed by atoms with van der Waals surface area (Å²) in [5.41, 5.74) is 0.441. The van der Waals surface area contributed by atoms with E-state index in [-0.39, 0.29) is 18.0 Å². The van der Waals surface area contributed by atoms with Crippen molar-refractivity contribution in [2.75, 3.05) is 0 Å².